The van der Waals surface area contributed by atoms with Gasteiger partial charge in [-0.25, -0.2) is 29.8 Å². The number of hydrogen-bond acceptors (Lipinski definition) is 15. The average Bonchev–Trinajstić information content (AvgIpc) is 2.16. The normalized spacial score (nSPS) is 10.1. The van der Waals surface area contributed by atoms with Crippen LogP contribution in [0.4, 0.5) is 0 Å². The van der Waals surface area contributed by atoms with Gasteiger partial charge in [0.1, 0.15) is 0 Å². The van der Waals surface area contributed by atoms with Crippen molar-refractivity contribution >= 4 is 58.2 Å². The van der Waals surface area contributed by atoms with E-state index in [0.29, 0.717) is 0 Å². The first-order valence-electron chi connectivity index (χ1n) is 2.74. The predicted molar refractivity (Wildman–Crippen MR) is 49.1 cm³/mol. The van der Waals surface area contributed by atoms with E-state index in [-0.39, 0.29) is 40.2 Å². The summed E-state index contributed by atoms with van der Waals surface area (Å²) in [7, 11) is -15.3. The van der Waals surface area contributed by atoms with Crippen molar-refractivity contribution in [3.8, 4) is 0 Å². The maximum absolute atomic E-state index is 9.00. The molecule has 0 saturated carbocycles. The van der Waals surface area contributed by atoms with E-state index in [1.54, 1.807) is 0 Å². The molecule has 0 amide bonds. The molecule has 0 fully saturated rings. The Balaban J connectivity index is -0.0000000375. The molecule has 0 rings (SSSR count). The van der Waals surface area contributed by atoms with E-state index < -0.39 is 23.5 Å². The summed E-state index contributed by atoms with van der Waals surface area (Å²) in [5, 5.41) is 21.0. The van der Waals surface area contributed by atoms with Crippen LogP contribution in [0.1, 0.15) is 0 Å². The Labute approximate surface area is 137 Å². The molecule has 122 valence electrons. The van der Waals surface area contributed by atoms with Gasteiger partial charge in [-0.1, -0.05) is 0 Å². The predicted octanol–water partition coefficient (Wildman–Crippen LogP) is -6.67. The minimum absolute atomic E-state index is 0. The Morgan fingerprint density at radius 3 is 0.619 bits per heavy atom. The summed E-state index contributed by atoms with van der Waals surface area (Å²) in [6.07, 6.45) is 0. The van der Waals surface area contributed by atoms with Gasteiger partial charge in [-0.05, 0) is 0 Å². The Kier molecular flexibility index (Phi) is 31.9. The van der Waals surface area contributed by atoms with Gasteiger partial charge in [0, 0.05) is 0 Å². The summed E-state index contributed by atoms with van der Waals surface area (Å²) >= 11 is 0. The molecule has 21 heteroatoms. The smallest absolute Gasteiger partial charge is 0.788 e. The topological polar surface area (TPSA) is 309 Å². The molecule has 5 N–H and O–H groups in total. The van der Waals surface area contributed by atoms with Gasteiger partial charge < -0.3 is 48.5 Å². The van der Waals surface area contributed by atoms with Gasteiger partial charge in [0.15, 0.2) is 0 Å². The average molecular weight is 408 g/mol. The van der Waals surface area contributed by atoms with E-state index in [9.17, 15) is 0 Å². The molecule has 0 saturated heterocycles. The van der Waals surface area contributed by atoms with Crippen LogP contribution in [-0.4, -0.2) is 56.0 Å². The van der Waals surface area contributed by atoms with Crippen LogP contribution in [0.3, 0.4) is 0 Å². The molecule has 0 aromatic rings. The summed E-state index contributed by atoms with van der Waals surface area (Å²) in [4.78, 5) is 54.0. The van der Waals surface area contributed by atoms with E-state index in [4.69, 9.17) is 58.8 Å². The first-order chi connectivity index (χ1) is 7.68. The fourth-order valence-corrected chi connectivity index (χ4v) is 0. The van der Waals surface area contributed by atoms with Crippen LogP contribution in [0.25, 0.3) is 0 Å². The molecule has 0 aromatic heterocycles. The Morgan fingerprint density at radius 1 is 0.571 bits per heavy atom. The van der Waals surface area contributed by atoms with Crippen molar-refractivity contribution in [3.05, 3.63) is 0 Å². The SMILES string of the molecule is O.O=P([O-])([O-])OO.O=P([O-])([O-])OO.O=P([O-])([O-])OO.[Al+3].[Al+3]. The van der Waals surface area contributed by atoms with E-state index in [1.165, 1.54) is 0 Å². The van der Waals surface area contributed by atoms with E-state index >= 15 is 0 Å². The molecular formula is H5Al2O16P3. The third-order valence-corrected chi connectivity index (χ3v) is 0.900. The number of phosphoric acid groups is 3. The molecular weight excluding hydrogens is 403 g/mol. The van der Waals surface area contributed by atoms with Crippen LogP contribution in [0.2, 0.25) is 0 Å². The number of rotatable bonds is 3. The molecule has 0 aliphatic carbocycles. The minimum atomic E-state index is -5.09. The largest absolute Gasteiger partial charge is 3.00 e. The fraction of sp³-hybridized carbons (Fsp3) is 0. The summed E-state index contributed by atoms with van der Waals surface area (Å²) in [5.74, 6) is 0. The quantitative estimate of drug-likeness (QED) is 0.169. The maximum Gasteiger partial charge on any atom is 3.00 e. The molecule has 0 radical (unpaired) electrons. The van der Waals surface area contributed by atoms with E-state index in [1.807, 2.05) is 0 Å². The third kappa shape index (κ3) is 75.0. The standard InChI is InChI=1S/2Al.3H3O5P.H2O/c;;3*1-5-6(2,3)4;/h;;3*1H,(H2,2,3,4);1H2/q2*+3;;;;/p-6. The zero-order valence-electron chi connectivity index (χ0n) is 9.24. The molecule has 0 spiro atoms. The monoisotopic (exact) mass is 408 g/mol. The van der Waals surface area contributed by atoms with Crippen LogP contribution in [0.15, 0.2) is 0 Å². The second-order valence-electron chi connectivity index (χ2n) is 1.59. The molecule has 21 heavy (non-hydrogen) atoms. The Bertz CT molecular complexity index is 266. The summed E-state index contributed by atoms with van der Waals surface area (Å²) in [6.45, 7) is 0. The van der Waals surface area contributed by atoms with Crippen molar-refractivity contribution in [2.24, 2.45) is 0 Å². The minimum Gasteiger partial charge on any atom is -0.788 e. The van der Waals surface area contributed by atoms with Gasteiger partial charge in [0.25, 0.3) is 0 Å². The van der Waals surface area contributed by atoms with Gasteiger partial charge in [0.05, 0.1) is 23.5 Å². The van der Waals surface area contributed by atoms with Crippen LogP contribution in [0, 0.1) is 0 Å². The second-order valence-corrected chi connectivity index (χ2v) is 4.76. The molecule has 0 unspecified atom stereocenters. The van der Waals surface area contributed by atoms with Crippen molar-refractivity contribution in [2.45, 2.75) is 0 Å². The molecule has 0 aromatic carbocycles. The van der Waals surface area contributed by atoms with Crippen LogP contribution in [0.5, 0.6) is 0 Å². The van der Waals surface area contributed by atoms with Crippen molar-refractivity contribution in [1.82, 2.24) is 0 Å². The molecule has 16 nitrogen and oxygen atoms in total. The molecule has 0 atom stereocenters. The van der Waals surface area contributed by atoms with Crippen molar-refractivity contribution < 1.29 is 78.3 Å². The number of hydrogen-bond donors (Lipinski definition) is 3. The van der Waals surface area contributed by atoms with Crippen molar-refractivity contribution in [3.63, 3.8) is 0 Å². The van der Waals surface area contributed by atoms with Gasteiger partial charge in [-0.15, -0.1) is 0 Å². The van der Waals surface area contributed by atoms with Crippen LogP contribution < -0.4 is 29.4 Å². The zero-order valence-corrected chi connectivity index (χ0v) is 14.2. The van der Waals surface area contributed by atoms with Crippen molar-refractivity contribution in [1.29, 1.82) is 0 Å². The van der Waals surface area contributed by atoms with Crippen LogP contribution in [-0.2, 0) is 27.7 Å². The summed E-state index contributed by atoms with van der Waals surface area (Å²) in [6, 6.07) is 0. The Morgan fingerprint density at radius 2 is 0.619 bits per heavy atom. The third-order valence-electron chi connectivity index (χ3n) is 0.300. The maximum atomic E-state index is 9.00. The fourth-order valence-electron chi connectivity index (χ4n) is 0. The molecule has 0 aliphatic heterocycles. The molecule has 0 bridgehead atoms. The Hall–Kier alpha value is 1.23. The van der Waals surface area contributed by atoms with Crippen molar-refractivity contribution in [2.75, 3.05) is 0 Å². The van der Waals surface area contributed by atoms with Gasteiger partial charge in [0.2, 0.25) is 0 Å². The van der Waals surface area contributed by atoms with Gasteiger partial charge in [-0.2, -0.15) is 0 Å². The van der Waals surface area contributed by atoms with Crippen LogP contribution >= 0.6 is 23.5 Å². The zero-order chi connectivity index (χ0) is 15.6. The second kappa shape index (κ2) is 17.6. The van der Waals surface area contributed by atoms with Gasteiger partial charge in [-0.3, -0.25) is 0 Å². The summed E-state index contributed by atoms with van der Waals surface area (Å²) in [5.41, 5.74) is 0. The first-order valence-corrected chi connectivity index (χ1v) is 7.12. The first kappa shape index (κ1) is 38.0. The molecule has 0 heterocycles. The molecule has 0 aliphatic rings. The van der Waals surface area contributed by atoms with E-state index in [2.05, 4.69) is 14.0 Å². The summed E-state index contributed by atoms with van der Waals surface area (Å²) < 4.78 is 34.1. The van der Waals surface area contributed by atoms with Gasteiger partial charge >= 0.3 is 34.7 Å². The van der Waals surface area contributed by atoms with E-state index in [0.717, 1.165) is 0 Å².